The zero-order chi connectivity index (χ0) is 47.6. The highest BCUT2D eigenvalue weighted by Gasteiger charge is 2.21. The summed E-state index contributed by atoms with van der Waals surface area (Å²) in [6.45, 7) is 1.88. The van der Waals surface area contributed by atoms with Crippen molar-refractivity contribution in [2.24, 2.45) is 0 Å². The van der Waals surface area contributed by atoms with Crippen LogP contribution in [0.15, 0.2) is 0 Å². The van der Waals surface area contributed by atoms with Crippen molar-refractivity contribution in [2.45, 2.75) is 103 Å². The van der Waals surface area contributed by atoms with E-state index in [9.17, 15) is 42.9 Å². The second-order valence-corrected chi connectivity index (χ2v) is 20.3. The number of carbonyl (C=O) groups excluding carboxylic acids is 5. The topological polar surface area (TPSA) is 314 Å². The maximum Gasteiger partial charge on any atom is 0.481 e. The molecular weight excluding hydrogens is 958 g/mol. The number of thioether (sulfide) groups is 2. The van der Waals surface area contributed by atoms with Crippen molar-refractivity contribution in [3.05, 3.63) is 0 Å². The third kappa shape index (κ3) is 41.8. The summed E-state index contributed by atoms with van der Waals surface area (Å²) in [5.74, 6) is 1.67. The molecule has 0 aliphatic rings. The van der Waals surface area contributed by atoms with Crippen LogP contribution < -0.4 is 21.3 Å². The van der Waals surface area contributed by atoms with Gasteiger partial charge in [0.2, 0.25) is 29.5 Å². The Hall–Kier alpha value is -1.61. The van der Waals surface area contributed by atoms with Gasteiger partial charge in [0.25, 0.3) is 0 Å². The van der Waals surface area contributed by atoms with E-state index in [0.29, 0.717) is 63.1 Å². The molecule has 22 nitrogen and oxygen atoms in total. The lowest BCUT2D eigenvalue weighted by atomic mass is 10.2. The smallest absolute Gasteiger partial charge is 0.359 e. The first kappa shape index (κ1) is 62.4. The predicted octanol–water partition coefficient (Wildman–Crippen LogP) is 6.12. The van der Waals surface area contributed by atoms with Crippen molar-refractivity contribution in [3.63, 3.8) is 0 Å². The summed E-state index contributed by atoms with van der Waals surface area (Å²) in [7, 11) is -7.63. The van der Waals surface area contributed by atoms with Crippen LogP contribution in [0.3, 0.4) is 0 Å². The number of nitrogens with one attached hydrogen (secondary N) is 6. The van der Waals surface area contributed by atoms with Crippen molar-refractivity contribution in [1.29, 1.82) is 10.3 Å². The van der Waals surface area contributed by atoms with Gasteiger partial charge < -0.3 is 45.4 Å². The van der Waals surface area contributed by atoms with E-state index >= 15 is 0 Å². The molecule has 0 fully saturated rings. The van der Waals surface area contributed by atoms with Gasteiger partial charge in [-0.3, -0.25) is 43.3 Å². The fourth-order valence-electron chi connectivity index (χ4n) is 5.39. The minimum atomic E-state index is -4.13. The highest BCUT2D eigenvalue weighted by molar-refractivity contribution is 8.00. The van der Waals surface area contributed by atoms with Gasteiger partial charge in [0.05, 0.1) is 24.7 Å². The minimum Gasteiger partial charge on any atom is -0.359 e. The van der Waals surface area contributed by atoms with E-state index in [0.717, 1.165) is 75.7 Å². The number of unbranched alkanes of at least 4 members (excludes halogenated alkanes) is 10. The zero-order valence-electron chi connectivity index (χ0n) is 37.0. The molecule has 64 heavy (non-hydrogen) atoms. The molecule has 2 unspecified atom stereocenters. The standard InChI is InChI=1S/C36H71N7O15P4S2/c1-53-31-54-28-36(48)43(22-20-41-32(44)16-8-6-10-18-39-34(46)29-63-26-14-4-2-12-24-55-61(49,50)57-59-37)23-21-42-33(45)17-9-7-11-19-40-35(47)30-64-27-15-5-3-13-25-56-62(51,52)58-60-38/h37-38H,2-31H2,1H3,(H,39,46)(H,40,47)(H,41,44)(H,42,45)(H,49,50)(H,51,52). The molecule has 0 aromatic heterocycles. The molecule has 0 saturated heterocycles. The Morgan fingerprint density at radius 2 is 0.984 bits per heavy atom. The normalized spacial score (nSPS) is 13.2. The molecule has 0 aromatic carbocycles. The third-order valence-electron chi connectivity index (χ3n) is 8.62. The van der Waals surface area contributed by atoms with E-state index in [-0.39, 0.29) is 82.3 Å². The highest BCUT2D eigenvalue weighted by Crippen LogP contribution is 2.47. The molecule has 0 radical (unpaired) electrons. The van der Waals surface area contributed by atoms with Gasteiger partial charge in [0, 0.05) is 59.2 Å². The molecular formula is C36H71N7O15P4S2. The summed E-state index contributed by atoms with van der Waals surface area (Å²) >= 11 is 3.08. The first-order valence-corrected chi connectivity index (χ1v) is 28.3. The predicted molar refractivity (Wildman–Crippen MR) is 248 cm³/mol. The van der Waals surface area contributed by atoms with E-state index in [1.54, 1.807) is 0 Å². The molecule has 8 N–H and O–H groups in total. The number of amides is 5. The van der Waals surface area contributed by atoms with Gasteiger partial charge in [0.1, 0.15) is 13.4 Å². The van der Waals surface area contributed by atoms with Crippen LogP contribution in [-0.4, -0.2) is 140 Å². The fraction of sp³-hybridized carbons (Fsp3) is 0.861. The Morgan fingerprint density at radius 3 is 1.41 bits per heavy atom. The molecule has 5 amide bonds. The van der Waals surface area contributed by atoms with Crippen LogP contribution in [0.1, 0.15) is 103 Å². The second-order valence-electron chi connectivity index (χ2n) is 14.0. The van der Waals surface area contributed by atoms with Gasteiger partial charge in [-0.25, -0.2) is 17.8 Å². The van der Waals surface area contributed by atoms with Gasteiger partial charge in [-0.2, -0.15) is 23.5 Å². The summed E-state index contributed by atoms with van der Waals surface area (Å²) in [5, 5.41) is 25.0. The summed E-state index contributed by atoms with van der Waals surface area (Å²) in [6, 6.07) is 0. The lowest BCUT2D eigenvalue weighted by molar-refractivity contribution is -0.141. The summed E-state index contributed by atoms with van der Waals surface area (Å²) in [6.07, 6.45) is 11.3. The SMILES string of the molecule is COCOCC(=O)N(CCNC(=O)CCCCCNC(=O)CSCCCCCCOP(=O)(O)OP=N)CCNC(=O)CCCCCNC(=O)CSCCCCCCOP(=O)(O)OP=N. The average molecular weight is 1030 g/mol. The quantitative estimate of drug-likeness (QED) is 0.0193. The molecule has 0 rings (SSSR count). The van der Waals surface area contributed by atoms with Crippen LogP contribution in [0.4, 0.5) is 0 Å². The number of ether oxygens (including phenoxy) is 2. The number of phosphoric acid groups is 2. The first-order chi connectivity index (χ1) is 30.7. The van der Waals surface area contributed by atoms with Crippen molar-refractivity contribution in [1.82, 2.24) is 26.2 Å². The van der Waals surface area contributed by atoms with Crippen molar-refractivity contribution >= 4 is 85.9 Å². The Balaban J connectivity index is 4.03. The largest absolute Gasteiger partial charge is 0.481 e. The van der Waals surface area contributed by atoms with Crippen LogP contribution >= 0.6 is 56.4 Å². The monoisotopic (exact) mass is 1030 g/mol. The molecule has 0 aromatic rings. The Kier molecular flexibility index (Phi) is 41.6. The molecule has 0 aliphatic carbocycles. The van der Waals surface area contributed by atoms with Crippen LogP contribution in [-0.2, 0) is 60.2 Å². The van der Waals surface area contributed by atoms with E-state index in [1.807, 2.05) is 0 Å². The molecule has 28 heteroatoms. The third-order valence-corrected chi connectivity index (χ3v) is 14.0. The number of hydrogen-bond acceptors (Lipinski definition) is 17. The zero-order valence-corrected chi connectivity index (χ0v) is 42.2. The van der Waals surface area contributed by atoms with Crippen molar-refractivity contribution < 1.29 is 70.0 Å². The van der Waals surface area contributed by atoms with Crippen LogP contribution in [0, 0.1) is 10.3 Å². The summed E-state index contributed by atoms with van der Waals surface area (Å²) in [5.41, 5.74) is 0. The summed E-state index contributed by atoms with van der Waals surface area (Å²) < 4.78 is 50.7. The molecule has 372 valence electrons. The van der Waals surface area contributed by atoms with Crippen molar-refractivity contribution in [3.8, 4) is 0 Å². The van der Waals surface area contributed by atoms with Gasteiger partial charge >= 0.3 is 15.6 Å². The lowest BCUT2D eigenvalue weighted by Gasteiger charge is -2.23. The van der Waals surface area contributed by atoms with Crippen LogP contribution in [0.2, 0.25) is 0 Å². The number of hydrogen-bond donors (Lipinski definition) is 8. The van der Waals surface area contributed by atoms with Gasteiger partial charge in [-0.15, -0.1) is 0 Å². The maximum atomic E-state index is 12.8. The number of nitrogens with zero attached hydrogens (tertiary/aromatic N) is 1. The molecule has 2 atom stereocenters. The van der Waals surface area contributed by atoms with E-state index < -0.39 is 32.8 Å². The average Bonchev–Trinajstić information content (AvgIpc) is 3.24. The fourth-order valence-corrected chi connectivity index (χ4v) is 9.00. The van der Waals surface area contributed by atoms with Crippen LogP contribution in [0.25, 0.3) is 0 Å². The molecule has 0 spiro atoms. The Labute approximate surface area is 389 Å². The number of carbonyl (C=O) groups is 5. The second kappa shape index (κ2) is 42.7. The molecule has 0 heterocycles. The first-order valence-electron chi connectivity index (χ1n) is 21.4. The van der Waals surface area contributed by atoms with Crippen molar-refractivity contribution in [2.75, 3.05) is 96.0 Å². The van der Waals surface area contributed by atoms with E-state index in [1.165, 1.54) is 35.5 Å². The maximum absolute atomic E-state index is 12.8. The van der Waals surface area contributed by atoms with E-state index in [4.69, 9.17) is 28.8 Å². The highest BCUT2D eigenvalue weighted by atomic mass is 32.2. The Bertz CT molecular complexity index is 1330. The summed E-state index contributed by atoms with van der Waals surface area (Å²) in [4.78, 5) is 81.8. The molecule has 0 bridgehead atoms. The van der Waals surface area contributed by atoms with Gasteiger partial charge in [-0.1, -0.05) is 38.5 Å². The van der Waals surface area contributed by atoms with Gasteiger partial charge in [0.15, 0.2) is 17.2 Å². The molecule has 0 saturated carbocycles. The van der Waals surface area contributed by atoms with Crippen LogP contribution in [0.5, 0.6) is 0 Å². The molecule has 0 aliphatic heterocycles. The van der Waals surface area contributed by atoms with E-state index in [2.05, 4.69) is 29.9 Å². The number of phosphoric ester groups is 2. The lowest BCUT2D eigenvalue weighted by Crippen LogP contribution is -2.44. The van der Waals surface area contributed by atoms with Gasteiger partial charge in [-0.05, 0) is 62.9 Å². The number of rotatable bonds is 46. The minimum absolute atomic E-state index is 0.0440. The Morgan fingerprint density at radius 1 is 0.578 bits per heavy atom. The number of methoxy groups -OCH3 is 1.